The summed E-state index contributed by atoms with van der Waals surface area (Å²) in [6.07, 6.45) is 0.188. The Bertz CT molecular complexity index is 1050. The number of nitrogens with zero attached hydrogens (tertiary/aromatic N) is 2. The van der Waals surface area contributed by atoms with E-state index in [0.717, 1.165) is 16.7 Å². The molecule has 0 unspecified atom stereocenters. The summed E-state index contributed by atoms with van der Waals surface area (Å²) in [6, 6.07) is 15.1. The molecule has 2 aromatic rings. The molecule has 5 nitrogen and oxygen atoms in total. The van der Waals surface area contributed by atoms with Gasteiger partial charge in [0.05, 0.1) is 24.0 Å². The highest BCUT2D eigenvalue weighted by Crippen LogP contribution is 2.39. The Balaban J connectivity index is 1.56. The number of amides is 1. The van der Waals surface area contributed by atoms with Crippen molar-refractivity contribution in [2.45, 2.75) is 31.2 Å². The Kier molecular flexibility index (Phi) is 5.73. The van der Waals surface area contributed by atoms with Gasteiger partial charge in [-0.2, -0.15) is 4.99 Å². The first kappa shape index (κ1) is 20.4. The third-order valence-electron chi connectivity index (χ3n) is 5.14. The topological polar surface area (TPSA) is 66.8 Å². The van der Waals surface area contributed by atoms with E-state index in [1.54, 1.807) is 12.1 Å². The number of thioether (sulfide) groups is 1. The van der Waals surface area contributed by atoms with Crippen molar-refractivity contribution in [1.29, 1.82) is 0 Å². The third-order valence-corrected chi connectivity index (χ3v) is 8.64. The zero-order valence-electron chi connectivity index (χ0n) is 15.9. The molecule has 0 spiro atoms. The molecule has 2 aliphatic heterocycles. The van der Waals surface area contributed by atoms with Crippen LogP contribution in [-0.4, -0.2) is 47.2 Å². The highest BCUT2D eigenvalue weighted by atomic mass is 35.5. The lowest BCUT2D eigenvalue weighted by atomic mass is 10.1. The minimum absolute atomic E-state index is 0.0764. The maximum absolute atomic E-state index is 12.6. The Hall–Kier alpha value is -1.83. The molecule has 2 aliphatic rings. The molecule has 0 saturated carbocycles. The number of halogens is 1. The molecule has 0 radical (unpaired) electrons. The normalized spacial score (nSPS) is 24.1. The minimum Gasteiger partial charge on any atom is -0.342 e. The summed E-state index contributed by atoms with van der Waals surface area (Å²) in [5, 5.41) is 1.17. The standard InChI is InChI=1S/C21H21ClN2O3S2/c1-14-2-4-16(5-3-14)11-24-18-12-29(26,27)13-19(18)28-21(24)23-20(25)10-15-6-8-17(22)9-7-15/h2-9,18-19H,10-13H2,1H3/t18-,19-/m1/s1. The highest BCUT2D eigenvalue weighted by molar-refractivity contribution is 8.15. The molecule has 1 amide bonds. The number of carbonyl (C=O) groups excluding carboxylic acids is 1. The molecule has 2 saturated heterocycles. The second-order valence-electron chi connectivity index (χ2n) is 7.51. The van der Waals surface area contributed by atoms with Gasteiger partial charge in [-0.05, 0) is 30.2 Å². The van der Waals surface area contributed by atoms with Gasteiger partial charge in [-0.3, -0.25) is 4.79 Å². The van der Waals surface area contributed by atoms with Crippen molar-refractivity contribution in [3.8, 4) is 0 Å². The molecule has 4 rings (SSSR count). The average Bonchev–Trinajstić information content (AvgIpc) is 3.11. The first-order valence-corrected chi connectivity index (χ1v) is 12.4. The van der Waals surface area contributed by atoms with E-state index in [-0.39, 0.29) is 35.1 Å². The minimum atomic E-state index is -3.06. The first-order valence-electron chi connectivity index (χ1n) is 9.34. The van der Waals surface area contributed by atoms with E-state index in [9.17, 15) is 13.2 Å². The number of sulfone groups is 1. The van der Waals surface area contributed by atoms with Gasteiger partial charge < -0.3 is 4.90 Å². The lowest BCUT2D eigenvalue weighted by Crippen LogP contribution is -2.37. The molecular weight excluding hydrogens is 428 g/mol. The number of hydrogen-bond donors (Lipinski definition) is 0. The van der Waals surface area contributed by atoms with Crippen LogP contribution in [0.5, 0.6) is 0 Å². The second-order valence-corrected chi connectivity index (χ2v) is 11.3. The van der Waals surface area contributed by atoms with E-state index in [4.69, 9.17) is 11.6 Å². The SMILES string of the molecule is Cc1ccc(CN2C(=NC(=O)Cc3ccc(Cl)cc3)S[C@@H]3CS(=O)(=O)C[C@H]32)cc1. The van der Waals surface area contributed by atoms with E-state index in [2.05, 4.69) is 4.99 Å². The fourth-order valence-electron chi connectivity index (χ4n) is 3.63. The molecule has 2 fully saturated rings. The molecule has 2 atom stereocenters. The van der Waals surface area contributed by atoms with Gasteiger partial charge in [0.25, 0.3) is 5.91 Å². The van der Waals surface area contributed by atoms with Crippen LogP contribution in [-0.2, 0) is 27.6 Å². The largest absolute Gasteiger partial charge is 0.342 e. The van der Waals surface area contributed by atoms with Crippen molar-refractivity contribution >= 4 is 44.3 Å². The molecule has 2 heterocycles. The summed E-state index contributed by atoms with van der Waals surface area (Å²) in [5.74, 6) is 0.00414. The van der Waals surface area contributed by atoms with Gasteiger partial charge >= 0.3 is 0 Å². The molecular formula is C21H21ClN2O3S2. The Morgan fingerprint density at radius 2 is 1.76 bits per heavy atom. The van der Waals surface area contributed by atoms with E-state index < -0.39 is 9.84 Å². The van der Waals surface area contributed by atoms with Gasteiger partial charge in [0.15, 0.2) is 15.0 Å². The molecule has 0 bridgehead atoms. The van der Waals surface area contributed by atoms with Crippen molar-refractivity contribution in [1.82, 2.24) is 4.90 Å². The molecule has 2 aromatic carbocycles. The molecule has 0 N–H and O–H groups in total. The number of fused-ring (bicyclic) bond motifs is 1. The summed E-state index contributed by atoms with van der Waals surface area (Å²) in [4.78, 5) is 18.9. The van der Waals surface area contributed by atoms with Crippen LogP contribution in [0.1, 0.15) is 16.7 Å². The third kappa shape index (κ3) is 4.85. The Morgan fingerprint density at radius 3 is 2.45 bits per heavy atom. The van der Waals surface area contributed by atoms with Crippen LogP contribution < -0.4 is 0 Å². The fraction of sp³-hybridized carbons (Fsp3) is 0.333. The predicted octanol–water partition coefficient (Wildman–Crippen LogP) is 3.49. The predicted molar refractivity (Wildman–Crippen MR) is 118 cm³/mol. The van der Waals surface area contributed by atoms with Gasteiger partial charge in [0.1, 0.15) is 0 Å². The molecule has 152 valence electrons. The van der Waals surface area contributed by atoms with Crippen molar-refractivity contribution in [3.05, 3.63) is 70.2 Å². The lowest BCUT2D eigenvalue weighted by molar-refractivity contribution is -0.117. The summed E-state index contributed by atoms with van der Waals surface area (Å²) >= 11 is 7.31. The molecule has 8 heteroatoms. The van der Waals surface area contributed by atoms with Crippen molar-refractivity contribution < 1.29 is 13.2 Å². The quantitative estimate of drug-likeness (QED) is 0.716. The smallest absolute Gasteiger partial charge is 0.252 e. The van der Waals surface area contributed by atoms with Crippen LogP contribution in [0, 0.1) is 6.92 Å². The van der Waals surface area contributed by atoms with Crippen LogP contribution in [0.3, 0.4) is 0 Å². The van der Waals surface area contributed by atoms with Crippen LogP contribution >= 0.6 is 23.4 Å². The van der Waals surface area contributed by atoms with Gasteiger partial charge in [0.2, 0.25) is 0 Å². The average molecular weight is 449 g/mol. The summed E-state index contributed by atoms with van der Waals surface area (Å²) in [5.41, 5.74) is 3.08. The number of hydrogen-bond acceptors (Lipinski definition) is 4. The van der Waals surface area contributed by atoms with Crippen LogP contribution in [0.15, 0.2) is 53.5 Å². The fourth-order valence-corrected chi connectivity index (χ4v) is 7.73. The van der Waals surface area contributed by atoms with E-state index >= 15 is 0 Å². The number of carbonyl (C=O) groups is 1. The van der Waals surface area contributed by atoms with Crippen LogP contribution in [0.4, 0.5) is 0 Å². The number of amidine groups is 1. The lowest BCUT2D eigenvalue weighted by Gasteiger charge is -2.24. The molecule has 29 heavy (non-hydrogen) atoms. The Morgan fingerprint density at radius 1 is 1.10 bits per heavy atom. The maximum atomic E-state index is 12.6. The maximum Gasteiger partial charge on any atom is 0.252 e. The van der Waals surface area contributed by atoms with E-state index in [0.29, 0.717) is 16.7 Å². The summed E-state index contributed by atoms with van der Waals surface area (Å²) < 4.78 is 24.3. The molecule has 0 aliphatic carbocycles. The van der Waals surface area contributed by atoms with E-state index in [1.807, 2.05) is 48.2 Å². The number of aryl methyl sites for hydroxylation is 1. The van der Waals surface area contributed by atoms with E-state index in [1.165, 1.54) is 11.8 Å². The molecule has 0 aromatic heterocycles. The van der Waals surface area contributed by atoms with Crippen LogP contribution in [0.25, 0.3) is 0 Å². The monoisotopic (exact) mass is 448 g/mol. The van der Waals surface area contributed by atoms with Crippen molar-refractivity contribution in [3.63, 3.8) is 0 Å². The second kappa shape index (κ2) is 8.13. The van der Waals surface area contributed by atoms with Crippen molar-refractivity contribution in [2.75, 3.05) is 11.5 Å². The van der Waals surface area contributed by atoms with Gasteiger partial charge in [-0.15, -0.1) is 0 Å². The summed E-state index contributed by atoms with van der Waals surface area (Å²) in [6.45, 7) is 2.56. The van der Waals surface area contributed by atoms with Gasteiger partial charge in [-0.25, -0.2) is 8.42 Å². The number of benzene rings is 2. The summed E-state index contributed by atoms with van der Waals surface area (Å²) in [7, 11) is -3.06. The first-order chi connectivity index (χ1) is 13.8. The van der Waals surface area contributed by atoms with Gasteiger partial charge in [-0.1, -0.05) is 65.3 Å². The Labute approximate surface area is 180 Å². The van der Waals surface area contributed by atoms with Gasteiger partial charge in [0, 0.05) is 16.8 Å². The number of rotatable bonds is 4. The van der Waals surface area contributed by atoms with Crippen LogP contribution in [0.2, 0.25) is 5.02 Å². The zero-order chi connectivity index (χ0) is 20.6. The van der Waals surface area contributed by atoms with Crippen molar-refractivity contribution in [2.24, 2.45) is 4.99 Å². The zero-order valence-corrected chi connectivity index (χ0v) is 18.3. The number of aliphatic imine (C=N–C) groups is 1. The highest BCUT2D eigenvalue weighted by Gasteiger charge is 2.48.